The molecule has 0 atom stereocenters. The van der Waals surface area contributed by atoms with Crippen molar-refractivity contribution in [2.45, 2.75) is 26.0 Å². The molecule has 3 aromatic rings. The predicted octanol–water partition coefficient (Wildman–Crippen LogP) is 5.43. The first-order valence-corrected chi connectivity index (χ1v) is 10.1. The molecule has 0 unspecified atom stereocenters. The lowest BCUT2D eigenvalue weighted by Crippen LogP contribution is -2.23. The number of carbonyl (C=O) groups excluding carboxylic acids is 1. The summed E-state index contributed by atoms with van der Waals surface area (Å²) in [5, 5.41) is 0.372. The van der Waals surface area contributed by atoms with Crippen LogP contribution in [0.2, 0.25) is 5.02 Å². The molecule has 1 amide bonds. The van der Waals surface area contributed by atoms with Gasteiger partial charge in [-0.2, -0.15) is 0 Å². The molecule has 1 aliphatic rings. The van der Waals surface area contributed by atoms with Crippen LogP contribution in [-0.2, 0) is 19.6 Å². The van der Waals surface area contributed by atoms with E-state index in [-0.39, 0.29) is 18.2 Å². The highest BCUT2D eigenvalue weighted by Gasteiger charge is 2.32. The number of hydrogen-bond acceptors (Lipinski definition) is 4. The molecule has 32 heavy (non-hydrogen) atoms. The maximum Gasteiger partial charge on any atom is 0.573 e. The Morgan fingerprint density at radius 1 is 1.16 bits per heavy atom. The molecule has 5 nitrogen and oxygen atoms in total. The van der Waals surface area contributed by atoms with Gasteiger partial charge in [0.2, 0.25) is 0 Å². The second-order valence-electron chi connectivity index (χ2n) is 7.53. The number of ether oxygens (including phenoxy) is 1. The van der Waals surface area contributed by atoms with Crippen molar-refractivity contribution in [1.29, 1.82) is 0 Å². The van der Waals surface area contributed by atoms with Crippen molar-refractivity contribution in [2.24, 2.45) is 0 Å². The van der Waals surface area contributed by atoms with Crippen molar-refractivity contribution >= 4 is 23.2 Å². The van der Waals surface area contributed by atoms with Gasteiger partial charge in [0.15, 0.2) is 0 Å². The topological polar surface area (TPSA) is 45.7 Å². The lowest BCUT2D eigenvalue weighted by Gasteiger charge is -2.20. The van der Waals surface area contributed by atoms with Crippen molar-refractivity contribution < 1.29 is 22.7 Å². The molecular formula is C23H19ClF3N3O2. The summed E-state index contributed by atoms with van der Waals surface area (Å²) in [7, 11) is 1.93. The maximum atomic E-state index is 12.9. The standard InChI is InChI=1S/C23H19ClF3N3O2/c1-29(12-16-3-2-8-28-11-16)18-9-17-14-30(22(31)21(17)20(24)10-18)13-15-4-6-19(7-5-15)32-23(25,26)27/h2-11H,12-14H2,1H3. The number of rotatable bonds is 6. The van der Waals surface area contributed by atoms with Crippen LogP contribution < -0.4 is 9.64 Å². The monoisotopic (exact) mass is 461 g/mol. The van der Waals surface area contributed by atoms with Crippen molar-refractivity contribution in [3.05, 3.63) is 88.2 Å². The fourth-order valence-corrected chi connectivity index (χ4v) is 3.98. The third-order valence-electron chi connectivity index (χ3n) is 5.13. The zero-order valence-corrected chi connectivity index (χ0v) is 17.8. The average Bonchev–Trinajstić information content (AvgIpc) is 3.05. The van der Waals surface area contributed by atoms with Crippen LogP contribution >= 0.6 is 11.6 Å². The quantitative estimate of drug-likeness (QED) is 0.491. The molecule has 166 valence electrons. The van der Waals surface area contributed by atoms with Gasteiger partial charge < -0.3 is 14.5 Å². The van der Waals surface area contributed by atoms with E-state index in [2.05, 4.69) is 9.72 Å². The Labute approximate surface area is 188 Å². The van der Waals surface area contributed by atoms with Gasteiger partial charge >= 0.3 is 6.36 Å². The van der Waals surface area contributed by atoms with E-state index in [1.165, 1.54) is 24.3 Å². The second-order valence-corrected chi connectivity index (χ2v) is 7.94. The highest BCUT2D eigenvalue weighted by atomic mass is 35.5. The molecular weight excluding hydrogens is 443 g/mol. The third-order valence-corrected chi connectivity index (χ3v) is 5.43. The highest BCUT2D eigenvalue weighted by Crippen LogP contribution is 2.35. The van der Waals surface area contributed by atoms with Gasteiger partial charge in [0.25, 0.3) is 5.91 Å². The van der Waals surface area contributed by atoms with Gasteiger partial charge in [-0.25, -0.2) is 0 Å². The van der Waals surface area contributed by atoms with Crippen molar-refractivity contribution in [3.63, 3.8) is 0 Å². The number of amides is 1. The molecule has 4 rings (SSSR count). The van der Waals surface area contributed by atoms with E-state index >= 15 is 0 Å². The molecule has 0 saturated heterocycles. The second kappa shape index (κ2) is 8.70. The highest BCUT2D eigenvalue weighted by molar-refractivity contribution is 6.34. The molecule has 2 aromatic carbocycles. The van der Waals surface area contributed by atoms with Crippen LogP contribution in [0.1, 0.15) is 27.0 Å². The minimum Gasteiger partial charge on any atom is -0.406 e. The molecule has 1 aromatic heterocycles. The van der Waals surface area contributed by atoms with Gasteiger partial charge in [-0.05, 0) is 47.0 Å². The summed E-state index contributed by atoms with van der Waals surface area (Å²) in [4.78, 5) is 20.7. The van der Waals surface area contributed by atoms with E-state index in [0.29, 0.717) is 29.2 Å². The molecule has 0 spiro atoms. The number of halogens is 4. The summed E-state index contributed by atoms with van der Waals surface area (Å²) in [5.41, 5.74) is 3.88. The molecule has 9 heteroatoms. The minimum atomic E-state index is -4.74. The number of aromatic nitrogens is 1. The Kier molecular flexibility index (Phi) is 5.97. The number of anilines is 1. The van der Waals surface area contributed by atoms with Crippen LogP contribution in [0, 0.1) is 0 Å². The van der Waals surface area contributed by atoms with Crippen LogP contribution in [0.5, 0.6) is 5.75 Å². The summed E-state index contributed by atoms with van der Waals surface area (Å²) in [5.74, 6) is -0.510. The number of pyridine rings is 1. The Balaban J connectivity index is 1.48. The lowest BCUT2D eigenvalue weighted by molar-refractivity contribution is -0.274. The van der Waals surface area contributed by atoms with Crippen LogP contribution in [0.4, 0.5) is 18.9 Å². The molecule has 0 bridgehead atoms. The van der Waals surface area contributed by atoms with Gasteiger partial charge in [0.05, 0.1) is 10.6 Å². The van der Waals surface area contributed by atoms with Crippen LogP contribution in [0.3, 0.4) is 0 Å². The van der Waals surface area contributed by atoms with E-state index in [1.807, 2.05) is 30.1 Å². The molecule has 0 radical (unpaired) electrons. The van der Waals surface area contributed by atoms with Crippen molar-refractivity contribution in [2.75, 3.05) is 11.9 Å². The first-order chi connectivity index (χ1) is 15.2. The van der Waals surface area contributed by atoms with E-state index < -0.39 is 6.36 Å². The molecule has 0 N–H and O–H groups in total. The summed E-state index contributed by atoms with van der Waals surface area (Å²) < 4.78 is 40.9. The Morgan fingerprint density at radius 3 is 2.56 bits per heavy atom. The number of nitrogens with zero attached hydrogens (tertiary/aromatic N) is 3. The first kappa shape index (κ1) is 22.0. The Bertz CT molecular complexity index is 1120. The Morgan fingerprint density at radius 2 is 1.91 bits per heavy atom. The van der Waals surface area contributed by atoms with Gasteiger partial charge in [-0.1, -0.05) is 29.8 Å². The normalized spacial score (nSPS) is 13.3. The summed E-state index contributed by atoms with van der Waals surface area (Å²) in [6.07, 6.45) is -1.23. The van der Waals surface area contributed by atoms with E-state index in [0.717, 1.165) is 16.8 Å². The largest absolute Gasteiger partial charge is 0.573 e. The molecule has 1 aliphatic heterocycles. The molecule has 0 fully saturated rings. The third kappa shape index (κ3) is 4.96. The Hall–Kier alpha value is -3.26. The minimum absolute atomic E-state index is 0.206. The SMILES string of the molecule is CN(Cc1cccnc1)c1cc(Cl)c2c(c1)CN(Cc1ccc(OC(F)(F)F)cc1)C2=O. The molecule has 0 saturated carbocycles. The van der Waals surface area contributed by atoms with Crippen LogP contribution in [0.25, 0.3) is 0 Å². The summed E-state index contributed by atoms with van der Waals surface area (Å²) >= 11 is 6.46. The number of carbonyl (C=O) groups is 1. The lowest BCUT2D eigenvalue weighted by atomic mass is 10.1. The van der Waals surface area contributed by atoms with Gasteiger partial charge in [-0.3, -0.25) is 9.78 Å². The molecule has 2 heterocycles. The van der Waals surface area contributed by atoms with E-state index in [1.54, 1.807) is 23.4 Å². The smallest absolute Gasteiger partial charge is 0.406 e. The zero-order chi connectivity index (χ0) is 22.9. The number of fused-ring (bicyclic) bond motifs is 1. The van der Waals surface area contributed by atoms with Crippen molar-refractivity contribution in [3.8, 4) is 5.75 Å². The number of hydrogen-bond donors (Lipinski definition) is 0. The van der Waals surface area contributed by atoms with Gasteiger partial charge in [0, 0.05) is 44.8 Å². The van der Waals surface area contributed by atoms with Gasteiger partial charge in [0.1, 0.15) is 5.75 Å². The van der Waals surface area contributed by atoms with Crippen LogP contribution in [0.15, 0.2) is 60.9 Å². The summed E-state index contributed by atoms with van der Waals surface area (Å²) in [6.45, 7) is 1.24. The maximum absolute atomic E-state index is 12.9. The fraction of sp³-hybridized carbons (Fsp3) is 0.217. The number of alkyl halides is 3. The average molecular weight is 462 g/mol. The zero-order valence-electron chi connectivity index (χ0n) is 17.1. The van der Waals surface area contributed by atoms with Gasteiger partial charge in [-0.15, -0.1) is 13.2 Å². The van der Waals surface area contributed by atoms with E-state index in [4.69, 9.17) is 11.6 Å². The summed E-state index contributed by atoms with van der Waals surface area (Å²) in [6, 6.07) is 13.0. The fourth-order valence-electron chi connectivity index (χ4n) is 3.67. The molecule has 0 aliphatic carbocycles. The number of benzene rings is 2. The van der Waals surface area contributed by atoms with Crippen molar-refractivity contribution in [1.82, 2.24) is 9.88 Å². The first-order valence-electron chi connectivity index (χ1n) is 9.76. The predicted molar refractivity (Wildman–Crippen MR) is 114 cm³/mol. The van der Waals surface area contributed by atoms with E-state index in [9.17, 15) is 18.0 Å². The van der Waals surface area contributed by atoms with Crippen LogP contribution in [-0.4, -0.2) is 29.2 Å².